The first kappa shape index (κ1) is 13.5. The molecular weight excluding hydrogens is 256 g/mol. The Hall–Kier alpha value is -2.91. The minimum atomic E-state index is -0.410. The number of nitrogens with zero attached hydrogens (tertiary/aromatic N) is 1. The Bertz CT molecular complexity index is 740. The predicted molar refractivity (Wildman–Crippen MR) is 75.2 cm³/mol. The van der Waals surface area contributed by atoms with E-state index in [0.717, 1.165) is 0 Å². The Balaban J connectivity index is 2.17. The van der Waals surface area contributed by atoms with Gasteiger partial charge < -0.3 is 16.0 Å². The summed E-state index contributed by atoms with van der Waals surface area (Å²) in [6.45, 7) is 0.261. The Morgan fingerprint density at radius 2 is 2.25 bits per heavy atom. The lowest BCUT2D eigenvalue weighted by molar-refractivity contribution is 0.102. The molecule has 2 aromatic heterocycles. The molecule has 0 aliphatic carbocycles. The average molecular weight is 268 g/mol. The summed E-state index contributed by atoms with van der Waals surface area (Å²) in [5.41, 5.74) is 5.91. The van der Waals surface area contributed by atoms with Gasteiger partial charge in [-0.25, -0.2) is 4.98 Å². The van der Waals surface area contributed by atoms with Crippen LogP contribution in [0.1, 0.15) is 15.9 Å². The van der Waals surface area contributed by atoms with Gasteiger partial charge in [0.25, 0.3) is 5.91 Å². The van der Waals surface area contributed by atoms with Crippen LogP contribution in [0.5, 0.6) is 0 Å². The normalized spacial score (nSPS) is 9.45. The zero-order valence-corrected chi connectivity index (χ0v) is 10.5. The molecule has 2 aromatic rings. The van der Waals surface area contributed by atoms with Crippen LogP contribution in [0.25, 0.3) is 0 Å². The van der Waals surface area contributed by atoms with Gasteiger partial charge in [0.1, 0.15) is 5.82 Å². The zero-order chi connectivity index (χ0) is 14.4. The summed E-state index contributed by atoms with van der Waals surface area (Å²) in [5.74, 6) is 5.51. The molecule has 100 valence electrons. The summed E-state index contributed by atoms with van der Waals surface area (Å²) in [4.78, 5) is 29.5. The Morgan fingerprint density at radius 1 is 1.40 bits per heavy atom. The minimum Gasteiger partial charge on any atom is -0.329 e. The average Bonchev–Trinajstić information content (AvgIpc) is 2.45. The summed E-state index contributed by atoms with van der Waals surface area (Å²) in [6, 6.07) is 6.07. The van der Waals surface area contributed by atoms with Crippen molar-refractivity contribution in [2.45, 2.75) is 0 Å². The number of hydrogen-bond donors (Lipinski definition) is 3. The molecule has 6 heteroatoms. The number of amides is 1. The minimum absolute atomic E-state index is 0.258. The van der Waals surface area contributed by atoms with Crippen molar-refractivity contribution in [3.63, 3.8) is 0 Å². The van der Waals surface area contributed by atoms with E-state index in [9.17, 15) is 9.59 Å². The molecule has 6 nitrogen and oxygen atoms in total. The van der Waals surface area contributed by atoms with Crippen molar-refractivity contribution in [2.75, 3.05) is 11.9 Å². The summed E-state index contributed by atoms with van der Waals surface area (Å²) >= 11 is 0. The van der Waals surface area contributed by atoms with Gasteiger partial charge in [-0.2, -0.15) is 0 Å². The van der Waals surface area contributed by atoms with Gasteiger partial charge in [0, 0.05) is 29.6 Å². The third-order valence-electron chi connectivity index (χ3n) is 2.37. The zero-order valence-electron chi connectivity index (χ0n) is 10.5. The van der Waals surface area contributed by atoms with Crippen molar-refractivity contribution in [3.05, 3.63) is 58.1 Å². The van der Waals surface area contributed by atoms with Crippen molar-refractivity contribution in [1.29, 1.82) is 0 Å². The largest absolute Gasteiger partial charge is 0.329 e. The van der Waals surface area contributed by atoms with Crippen LogP contribution in [0.15, 0.2) is 41.5 Å². The van der Waals surface area contributed by atoms with E-state index in [1.54, 1.807) is 12.1 Å². The molecule has 2 heterocycles. The van der Waals surface area contributed by atoms with E-state index < -0.39 is 5.91 Å². The lowest BCUT2D eigenvalue weighted by atomic mass is 10.2. The van der Waals surface area contributed by atoms with Gasteiger partial charge in [0.05, 0.1) is 6.54 Å². The second kappa shape index (κ2) is 6.31. The molecule has 0 aliphatic heterocycles. The number of anilines is 1. The van der Waals surface area contributed by atoms with E-state index in [2.05, 4.69) is 27.1 Å². The third-order valence-corrected chi connectivity index (χ3v) is 2.37. The summed E-state index contributed by atoms with van der Waals surface area (Å²) in [7, 11) is 0. The molecule has 1 amide bonds. The standard InChI is InChI=1S/C14H12N4O2/c15-5-1-2-10-3-6-16-12(8-10)18-14(20)11-4-7-17-13(19)9-11/h3-4,6-9H,5,15H2,(H,17,19)(H,16,18,20). The van der Waals surface area contributed by atoms with Gasteiger partial charge in [-0.15, -0.1) is 0 Å². The number of carbonyl (C=O) groups excluding carboxylic acids is 1. The Kier molecular flexibility index (Phi) is 4.27. The maximum Gasteiger partial charge on any atom is 0.257 e. The monoisotopic (exact) mass is 268 g/mol. The van der Waals surface area contributed by atoms with Crippen LogP contribution in [-0.4, -0.2) is 22.4 Å². The fraction of sp³-hybridized carbons (Fsp3) is 0.0714. The van der Waals surface area contributed by atoms with Crippen LogP contribution >= 0.6 is 0 Å². The van der Waals surface area contributed by atoms with Gasteiger partial charge in [0.2, 0.25) is 5.56 Å². The summed E-state index contributed by atoms with van der Waals surface area (Å²) in [5, 5.41) is 2.60. The molecule has 0 unspecified atom stereocenters. The highest BCUT2D eigenvalue weighted by molar-refractivity contribution is 6.03. The fourth-order valence-corrected chi connectivity index (χ4v) is 1.50. The van der Waals surface area contributed by atoms with Gasteiger partial charge in [-0.3, -0.25) is 9.59 Å². The van der Waals surface area contributed by atoms with E-state index in [-0.39, 0.29) is 17.7 Å². The molecule has 0 atom stereocenters. The van der Waals surface area contributed by atoms with Crippen LogP contribution in [0.4, 0.5) is 5.82 Å². The van der Waals surface area contributed by atoms with Crippen LogP contribution in [0, 0.1) is 11.8 Å². The number of nitrogens with one attached hydrogen (secondary N) is 2. The first-order valence-electron chi connectivity index (χ1n) is 5.84. The van der Waals surface area contributed by atoms with Crippen LogP contribution in [-0.2, 0) is 0 Å². The number of aromatic amines is 1. The van der Waals surface area contributed by atoms with Crippen molar-refractivity contribution in [2.24, 2.45) is 5.73 Å². The first-order chi connectivity index (χ1) is 9.69. The number of hydrogen-bond acceptors (Lipinski definition) is 4. The lowest BCUT2D eigenvalue weighted by Crippen LogP contribution is -2.16. The molecule has 0 aromatic carbocycles. The molecule has 0 fully saturated rings. The van der Waals surface area contributed by atoms with Crippen molar-refractivity contribution in [3.8, 4) is 11.8 Å². The molecule has 2 rings (SSSR count). The van der Waals surface area contributed by atoms with Crippen LogP contribution in [0.3, 0.4) is 0 Å². The van der Waals surface area contributed by atoms with Crippen molar-refractivity contribution >= 4 is 11.7 Å². The highest BCUT2D eigenvalue weighted by Crippen LogP contribution is 2.07. The third kappa shape index (κ3) is 3.54. The fourth-order valence-electron chi connectivity index (χ4n) is 1.50. The first-order valence-corrected chi connectivity index (χ1v) is 5.84. The van der Waals surface area contributed by atoms with E-state index in [0.29, 0.717) is 11.4 Å². The lowest BCUT2D eigenvalue weighted by Gasteiger charge is -2.04. The second-order valence-electron chi connectivity index (χ2n) is 3.83. The molecule has 0 saturated heterocycles. The molecule has 0 radical (unpaired) electrons. The van der Waals surface area contributed by atoms with Crippen LogP contribution in [0.2, 0.25) is 0 Å². The number of pyridine rings is 2. The van der Waals surface area contributed by atoms with Crippen molar-refractivity contribution < 1.29 is 4.79 Å². The second-order valence-corrected chi connectivity index (χ2v) is 3.83. The number of H-pyrrole nitrogens is 1. The van der Waals surface area contributed by atoms with Gasteiger partial charge >= 0.3 is 0 Å². The smallest absolute Gasteiger partial charge is 0.257 e. The molecule has 20 heavy (non-hydrogen) atoms. The van der Waals surface area contributed by atoms with E-state index in [1.807, 2.05) is 0 Å². The molecular formula is C14H12N4O2. The quantitative estimate of drug-likeness (QED) is 0.683. The van der Waals surface area contributed by atoms with Gasteiger partial charge in [0.15, 0.2) is 0 Å². The SMILES string of the molecule is NCC#Cc1ccnc(NC(=O)c2cc[nH]c(=O)c2)c1. The Labute approximate surface area is 115 Å². The summed E-state index contributed by atoms with van der Waals surface area (Å²) in [6.07, 6.45) is 2.95. The van der Waals surface area contributed by atoms with E-state index in [4.69, 9.17) is 5.73 Å². The van der Waals surface area contributed by atoms with E-state index in [1.165, 1.54) is 24.5 Å². The van der Waals surface area contributed by atoms with Gasteiger partial charge in [-0.1, -0.05) is 11.8 Å². The van der Waals surface area contributed by atoms with Crippen LogP contribution < -0.4 is 16.6 Å². The van der Waals surface area contributed by atoms with Crippen molar-refractivity contribution in [1.82, 2.24) is 9.97 Å². The molecule has 0 bridgehead atoms. The number of rotatable bonds is 2. The predicted octanol–water partition coefficient (Wildman–Crippen LogP) is 0.332. The molecule has 0 aliphatic rings. The van der Waals surface area contributed by atoms with Gasteiger partial charge in [-0.05, 0) is 18.2 Å². The highest BCUT2D eigenvalue weighted by atomic mass is 16.2. The highest BCUT2D eigenvalue weighted by Gasteiger charge is 2.07. The number of nitrogens with two attached hydrogens (primary N) is 1. The maximum absolute atomic E-state index is 11.9. The van der Waals surface area contributed by atoms with E-state index >= 15 is 0 Å². The molecule has 0 saturated carbocycles. The Morgan fingerprint density at radius 3 is 3.00 bits per heavy atom. The number of aromatic nitrogens is 2. The summed E-state index contributed by atoms with van der Waals surface area (Å²) < 4.78 is 0. The molecule has 0 spiro atoms. The maximum atomic E-state index is 11.9. The number of carbonyl (C=O) groups is 1. The molecule has 4 N–H and O–H groups in total. The topological polar surface area (TPSA) is 101 Å².